The number of rotatable bonds is 5. The molecule has 0 atom stereocenters. The van der Waals surface area contributed by atoms with E-state index in [9.17, 15) is 4.79 Å². The first-order valence-corrected chi connectivity index (χ1v) is 10.5. The van der Waals surface area contributed by atoms with Crippen molar-refractivity contribution in [2.45, 2.75) is 11.3 Å². The van der Waals surface area contributed by atoms with E-state index in [2.05, 4.69) is 15.5 Å². The molecule has 1 amide bonds. The highest BCUT2D eigenvalue weighted by molar-refractivity contribution is 7.98. The molecule has 0 saturated heterocycles. The van der Waals surface area contributed by atoms with Crippen molar-refractivity contribution >= 4 is 56.7 Å². The largest absolute Gasteiger partial charge is 0.407 e. The number of carbonyl (C=O) groups excluding carboxylic acids is 1. The minimum absolute atomic E-state index is 0.0595. The molecule has 0 aliphatic rings. The lowest BCUT2D eigenvalue weighted by Crippen LogP contribution is -2.10. The van der Waals surface area contributed by atoms with E-state index in [0.29, 0.717) is 22.2 Å². The maximum absolute atomic E-state index is 12.5. The first-order chi connectivity index (χ1) is 13.1. The predicted octanol–water partition coefficient (Wildman–Crippen LogP) is 5.50. The van der Waals surface area contributed by atoms with Gasteiger partial charge in [-0.05, 0) is 30.0 Å². The molecular weight excluding hydrogens is 402 g/mol. The van der Waals surface area contributed by atoms with Crippen LogP contribution in [0.25, 0.3) is 10.1 Å². The van der Waals surface area contributed by atoms with Crippen LogP contribution in [0.3, 0.4) is 0 Å². The molecule has 1 N–H and O–H groups in total. The van der Waals surface area contributed by atoms with E-state index in [4.69, 9.17) is 16.0 Å². The van der Waals surface area contributed by atoms with Crippen LogP contribution in [0.15, 0.2) is 57.8 Å². The van der Waals surface area contributed by atoms with Crippen LogP contribution in [0.5, 0.6) is 0 Å². The smallest absolute Gasteiger partial charge is 0.322 e. The number of hydrogen-bond acceptors (Lipinski definition) is 6. The van der Waals surface area contributed by atoms with Gasteiger partial charge in [0.15, 0.2) is 0 Å². The van der Waals surface area contributed by atoms with Gasteiger partial charge in [0.25, 0.3) is 5.91 Å². The summed E-state index contributed by atoms with van der Waals surface area (Å²) >= 11 is 9.35. The number of aromatic nitrogens is 2. The quantitative estimate of drug-likeness (QED) is 0.436. The third-order valence-electron chi connectivity index (χ3n) is 3.94. The number of carbonyl (C=O) groups is 1. The normalized spacial score (nSPS) is 11.0. The summed E-state index contributed by atoms with van der Waals surface area (Å²) in [5.74, 6) is 0.0744. The van der Waals surface area contributed by atoms with Gasteiger partial charge in [-0.3, -0.25) is 10.1 Å². The second kappa shape index (κ2) is 7.72. The molecule has 8 heteroatoms. The van der Waals surface area contributed by atoms with Gasteiger partial charge in [-0.25, -0.2) is 0 Å². The molecule has 0 fully saturated rings. The van der Waals surface area contributed by atoms with Gasteiger partial charge in [-0.1, -0.05) is 47.0 Å². The highest BCUT2D eigenvalue weighted by Crippen LogP contribution is 2.35. The van der Waals surface area contributed by atoms with Gasteiger partial charge in [0.1, 0.15) is 4.88 Å². The van der Waals surface area contributed by atoms with Gasteiger partial charge in [-0.15, -0.1) is 28.2 Å². The fourth-order valence-electron chi connectivity index (χ4n) is 2.61. The number of nitrogens with zero attached hydrogens (tertiary/aromatic N) is 2. The molecule has 5 nitrogen and oxygen atoms in total. The Balaban J connectivity index is 1.48. The zero-order chi connectivity index (χ0) is 18.8. The maximum Gasteiger partial charge on any atom is 0.322 e. The van der Waals surface area contributed by atoms with Crippen molar-refractivity contribution in [2.75, 3.05) is 11.6 Å². The molecule has 0 saturated carbocycles. The number of benzene rings is 2. The second-order valence-electron chi connectivity index (χ2n) is 5.72. The number of thioether (sulfide) groups is 1. The highest BCUT2D eigenvalue weighted by atomic mass is 35.5. The number of halogens is 1. The summed E-state index contributed by atoms with van der Waals surface area (Å²) < 4.78 is 6.50. The van der Waals surface area contributed by atoms with Gasteiger partial charge in [-0.2, -0.15) is 0 Å². The minimum Gasteiger partial charge on any atom is -0.407 e. The Bertz CT molecular complexity index is 1110. The summed E-state index contributed by atoms with van der Waals surface area (Å²) in [6, 6.07) is 15.8. The van der Waals surface area contributed by atoms with E-state index in [1.54, 1.807) is 11.8 Å². The van der Waals surface area contributed by atoms with Gasteiger partial charge in [0, 0.05) is 15.0 Å². The third-order valence-corrected chi connectivity index (χ3v) is 6.36. The Morgan fingerprint density at radius 2 is 1.96 bits per heavy atom. The van der Waals surface area contributed by atoms with Crippen LogP contribution in [0.2, 0.25) is 5.02 Å². The van der Waals surface area contributed by atoms with E-state index in [1.165, 1.54) is 16.2 Å². The molecule has 4 rings (SSSR count). The van der Waals surface area contributed by atoms with E-state index in [-0.39, 0.29) is 11.9 Å². The van der Waals surface area contributed by atoms with Gasteiger partial charge < -0.3 is 4.42 Å². The molecule has 136 valence electrons. The molecule has 2 heterocycles. The number of hydrogen-bond donors (Lipinski definition) is 1. The molecule has 4 aromatic rings. The van der Waals surface area contributed by atoms with Crippen molar-refractivity contribution in [1.82, 2.24) is 10.2 Å². The van der Waals surface area contributed by atoms with Crippen LogP contribution in [0.4, 0.5) is 6.01 Å². The topological polar surface area (TPSA) is 68.0 Å². The van der Waals surface area contributed by atoms with Crippen LogP contribution >= 0.6 is 34.7 Å². The van der Waals surface area contributed by atoms with Crippen LogP contribution in [0, 0.1) is 0 Å². The lowest BCUT2D eigenvalue weighted by Gasteiger charge is -2.00. The fraction of sp³-hybridized carbons (Fsp3) is 0.105. The third kappa shape index (κ3) is 3.85. The Morgan fingerprint density at radius 1 is 1.19 bits per heavy atom. The van der Waals surface area contributed by atoms with Crippen LogP contribution in [-0.2, 0) is 6.42 Å². The lowest BCUT2D eigenvalue weighted by molar-refractivity contribution is 0.102. The standard InChI is InChI=1S/C19H14ClN3O2S2/c1-26-12-8-6-11(7-9-12)10-15-22-23-19(25-15)21-18(24)17-16(20)13-4-2-3-5-14(13)27-17/h2-9H,10H2,1H3,(H,21,23,24). The summed E-state index contributed by atoms with van der Waals surface area (Å²) in [5.41, 5.74) is 1.06. The summed E-state index contributed by atoms with van der Waals surface area (Å²) in [7, 11) is 0. The zero-order valence-electron chi connectivity index (χ0n) is 14.2. The monoisotopic (exact) mass is 415 g/mol. The van der Waals surface area contributed by atoms with E-state index < -0.39 is 0 Å². The van der Waals surface area contributed by atoms with Crippen LogP contribution in [0.1, 0.15) is 21.1 Å². The van der Waals surface area contributed by atoms with Crippen molar-refractivity contribution in [3.63, 3.8) is 0 Å². The Hall–Kier alpha value is -2.35. The zero-order valence-corrected chi connectivity index (χ0v) is 16.6. The number of fused-ring (bicyclic) bond motifs is 1. The summed E-state index contributed by atoms with van der Waals surface area (Å²) in [6.45, 7) is 0. The van der Waals surface area contributed by atoms with Crippen LogP contribution in [-0.4, -0.2) is 22.4 Å². The molecule has 0 radical (unpaired) electrons. The maximum atomic E-state index is 12.5. The van der Waals surface area contributed by atoms with Gasteiger partial charge in [0.2, 0.25) is 5.89 Å². The predicted molar refractivity (Wildman–Crippen MR) is 110 cm³/mol. The number of thiophene rings is 1. The summed E-state index contributed by atoms with van der Waals surface area (Å²) in [6.07, 6.45) is 2.53. The summed E-state index contributed by atoms with van der Waals surface area (Å²) in [4.78, 5) is 14.1. The number of amides is 1. The molecule has 27 heavy (non-hydrogen) atoms. The van der Waals surface area contributed by atoms with Crippen molar-refractivity contribution < 1.29 is 9.21 Å². The van der Waals surface area contributed by atoms with Crippen molar-refractivity contribution in [1.29, 1.82) is 0 Å². The Kier molecular flexibility index (Phi) is 5.15. The van der Waals surface area contributed by atoms with Gasteiger partial charge in [0.05, 0.1) is 11.4 Å². The molecule has 0 bridgehead atoms. The molecule has 2 aromatic carbocycles. The second-order valence-corrected chi connectivity index (χ2v) is 8.03. The molecule has 0 spiro atoms. The highest BCUT2D eigenvalue weighted by Gasteiger charge is 2.19. The average molecular weight is 416 g/mol. The van der Waals surface area contributed by atoms with Crippen molar-refractivity contribution in [3.8, 4) is 0 Å². The first kappa shape index (κ1) is 18.0. The lowest BCUT2D eigenvalue weighted by atomic mass is 10.1. The number of nitrogens with one attached hydrogen (secondary N) is 1. The van der Waals surface area contributed by atoms with E-state index in [1.807, 2.05) is 54.8 Å². The van der Waals surface area contributed by atoms with Gasteiger partial charge >= 0.3 is 6.01 Å². The number of anilines is 1. The molecular formula is C19H14ClN3O2S2. The van der Waals surface area contributed by atoms with Crippen LogP contribution < -0.4 is 5.32 Å². The fourth-order valence-corrected chi connectivity index (χ4v) is 4.43. The van der Waals surface area contributed by atoms with E-state index >= 15 is 0 Å². The molecule has 0 aliphatic heterocycles. The molecule has 2 aromatic heterocycles. The first-order valence-electron chi connectivity index (χ1n) is 8.08. The summed E-state index contributed by atoms with van der Waals surface area (Å²) in [5, 5.41) is 11.8. The van der Waals surface area contributed by atoms with E-state index in [0.717, 1.165) is 15.6 Å². The molecule has 0 aliphatic carbocycles. The minimum atomic E-state index is -0.360. The SMILES string of the molecule is CSc1ccc(Cc2nnc(NC(=O)c3sc4ccccc4c3Cl)o2)cc1. The van der Waals surface area contributed by atoms with Crippen molar-refractivity contribution in [2.24, 2.45) is 0 Å². The van der Waals surface area contributed by atoms with Crippen molar-refractivity contribution in [3.05, 3.63) is 69.9 Å². The molecule has 0 unspecified atom stereocenters. The average Bonchev–Trinajstić information content (AvgIpc) is 3.27. The Labute approximate surface area is 168 Å². The Morgan fingerprint density at radius 3 is 2.70 bits per heavy atom.